The predicted octanol–water partition coefficient (Wildman–Crippen LogP) is 2.61. The Morgan fingerprint density at radius 2 is 2.05 bits per heavy atom. The summed E-state index contributed by atoms with van der Waals surface area (Å²) in [6.45, 7) is 0. The highest BCUT2D eigenvalue weighted by molar-refractivity contribution is 7.99. The van der Waals surface area contributed by atoms with Gasteiger partial charge >= 0.3 is 0 Å². The van der Waals surface area contributed by atoms with Gasteiger partial charge in [-0.15, -0.1) is 0 Å². The molecule has 0 aliphatic heterocycles. The van der Waals surface area contributed by atoms with Crippen molar-refractivity contribution < 1.29 is 14.0 Å². The van der Waals surface area contributed by atoms with Crippen molar-refractivity contribution in [1.82, 2.24) is 4.98 Å². The van der Waals surface area contributed by atoms with Gasteiger partial charge < -0.3 is 10.9 Å². The van der Waals surface area contributed by atoms with Gasteiger partial charge in [-0.3, -0.25) is 0 Å². The molecule has 0 radical (unpaired) electrons. The zero-order chi connectivity index (χ0) is 13.8. The number of pyridine rings is 1. The molecule has 0 atom stereocenters. The Morgan fingerprint density at radius 1 is 1.26 bits per heavy atom. The number of benzene rings is 1. The molecule has 19 heavy (non-hydrogen) atoms. The van der Waals surface area contributed by atoms with Gasteiger partial charge in [-0.1, -0.05) is 23.0 Å². The van der Waals surface area contributed by atoms with Crippen LogP contribution in [0, 0.1) is 11.6 Å². The van der Waals surface area contributed by atoms with E-state index in [1.165, 1.54) is 12.1 Å². The van der Waals surface area contributed by atoms with Gasteiger partial charge in [-0.05, 0) is 24.3 Å². The van der Waals surface area contributed by atoms with Crippen LogP contribution in [-0.4, -0.2) is 16.0 Å². The van der Waals surface area contributed by atoms with Crippen molar-refractivity contribution >= 4 is 17.6 Å². The van der Waals surface area contributed by atoms with E-state index in [1.54, 1.807) is 18.2 Å². The minimum atomic E-state index is -0.666. The molecule has 0 unspecified atom stereocenters. The third kappa shape index (κ3) is 3.19. The lowest BCUT2D eigenvalue weighted by Crippen LogP contribution is -2.14. The van der Waals surface area contributed by atoms with Gasteiger partial charge in [-0.25, -0.2) is 13.8 Å². The van der Waals surface area contributed by atoms with E-state index in [0.29, 0.717) is 5.03 Å². The topological polar surface area (TPSA) is 71.5 Å². The first kappa shape index (κ1) is 13.3. The van der Waals surface area contributed by atoms with Crippen LogP contribution in [0.3, 0.4) is 0 Å². The molecule has 1 aromatic carbocycles. The summed E-state index contributed by atoms with van der Waals surface area (Å²) in [5.41, 5.74) is 5.68. The van der Waals surface area contributed by atoms with Crippen LogP contribution < -0.4 is 5.73 Å². The molecule has 0 saturated carbocycles. The zero-order valence-corrected chi connectivity index (χ0v) is 10.4. The Bertz CT molecular complexity index is 634. The molecule has 98 valence electrons. The number of nitrogens with two attached hydrogens (primary N) is 1. The van der Waals surface area contributed by atoms with Crippen LogP contribution in [0.1, 0.15) is 5.69 Å². The van der Waals surface area contributed by atoms with Crippen molar-refractivity contribution in [3.63, 3.8) is 0 Å². The largest absolute Gasteiger partial charge is 0.409 e. The van der Waals surface area contributed by atoms with Crippen LogP contribution in [0.2, 0.25) is 0 Å². The standard InChI is InChI=1S/C12H9F2N3OS/c13-7-4-5-10(8(14)6-7)19-11-3-1-2-9(16-11)12(15)17-18/h1-6,18H,(H2,15,17). The number of aromatic nitrogens is 1. The number of amidine groups is 1. The summed E-state index contributed by atoms with van der Waals surface area (Å²) in [6.07, 6.45) is 0. The minimum Gasteiger partial charge on any atom is -0.409 e. The van der Waals surface area contributed by atoms with Crippen LogP contribution in [0.4, 0.5) is 8.78 Å². The first-order chi connectivity index (χ1) is 9.10. The average Bonchev–Trinajstić information content (AvgIpc) is 2.41. The molecular formula is C12H9F2N3OS. The maximum Gasteiger partial charge on any atom is 0.188 e. The SMILES string of the molecule is NC(=NO)c1cccc(Sc2ccc(F)cc2F)n1. The van der Waals surface area contributed by atoms with Gasteiger partial charge in [0.2, 0.25) is 0 Å². The molecular weight excluding hydrogens is 272 g/mol. The Kier molecular flexibility index (Phi) is 3.96. The van der Waals surface area contributed by atoms with E-state index in [9.17, 15) is 8.78 Å². The van der Waals surface area contributed by atoms with E-state index in [2.05, 4.69) is 10.1 Å². The van der Waals surface area contributed by atoms with Gasteiger partial charge in [0, 0.05) is 11.0 Å². The number of hydrogen-bond donors (Lipinski definition) is 2. The number of oxime groups is 1. The zero-order valence-electron chi connectivity index (χ0n) is 9.55. The molecule has 7 heteroatoms. The smallest absolute Gasteiger partial charge is 0.188 e. The summed E-state index contributed by atoms with van der Waals surface area (Å²) in [4.78, 5) is 4.33. The summed E-state index contributed by atoms with van der Waals surface area (Å²) in [6, 6.07) is 8.13. The molecule has 1 heterocycles. The Morgan fingerprint density at radius 3 is 2.74 bits per heavy atom. The fourth-order valence-electron chi connectivity index (χ4n) is 1.34. The van der Waals surface area contributed by atoms with Gasteiger partial charge in [0.25, 0.3) is 0 Å². The van der Waals surface area contributed by atoms with Crippen molar-refractivity contribution in [1.29, 1.82) is 0 Å². The summed E-state index contributed by atoms with van der Waals surface area (Å²) in [5, 5.41) is 11.8. The molecule has 2 aromatic rings. The molecule has 0 amide bonds. The summed E-state index contributed by atoms with van der Waals surface area (Å²) in [7, 11) is 0. The van der Waals surface area contributed by atoms with Gasteiger partial charge in [0.15, 0.2) is 5.84 Å². The third-order valence-electron chi connectivity index (χ3n) is 2.20. The van der Waals surface area contributed by atoms with Crippen molar-refractivity contribution in [3.8, 4) is 0 Å². The van der Waals surface area contributed by atoms with Crippen molar-refractivity contribution in [3.05, 3.63) is 53.7 Å². The second-order valence-corrected chi connectivity index (χ2v) is 4.59. The second kappa shape index (κ2) is 5.66. The summed E-state index contributed by atoms with van der Waals surface area (Å²) in [5.74, 6) is -1.44. The first-order valence-corrected chi connectivity index (χ1v) is 5.99. The van der Waals surface area contributed by atoms with Crippen molar-refractivity contribution in [2.75, 3.05) is 0 Å². The highest BCUT2D eigenvalue weighted by atomic mass is 32.2. The molecule has 0 spiro atoms. The summed E-state index contributed by atoms with van der Waals surface area (Å²) >= 11 is 1.02. The van der Waals surface area contributed by atoms with Crippen molar-refractivity contribution in [2.45, 2.75) is 9.92 Å². The summed E-state index contributed by atoms with van der Waals surface area (Å²) < 4.78 is 26.3. The van der Waals surface area contributed by atoms with Gasteiger partial charge in [0.1, 0.15) is 22.4 Å². The van der Waals surface area contributed by atoms with Crippen LogP contribution in [0.5, 0.6) is 0 Å². The van der Waals surface area contributed by atoms with Gasteiger partial charge in [0.05, 0.1) is 0 Å². The minimum absolute atomic E-state index is 0.137. The maximum absolute atomic E-state index is 13.5. The Balaban J connectivity index is 2.28. The molecule has 3 N–H and O–H groups in total. The lowest BCUT2D eigenvalue weighted by Gasteiger charge is -2.04. The van der Waals surface area contributed by atoms with E-state index in [0.717, 1.165) is 17.8 Å². The van der Waals surface area contributed by atoms with E-state index in [-0.39, 0.29) is 16.4 Å². The quantitative estimate of drug-likeness (QED) is 0.392. The molecule has 0 saturated heterocycles. The van der Waals surface area contributed by atoms with E-state index >= 15 is 0 Å². The van der Waals surface area contributed by atoms with Gasteiger partial charge in [-0.2, -0.15) is 0 Å². The van der Waals surface area contributed by atoms with Crippen molar-refractivity contribution in [2.24, 2.45) is 10.9 Å². The number of rotatable bonds is 3. The van der Waals surface area contributed by atoms with Crippen LogP contribution in [0.25, 0.3) is 0 Å². The molecule has 1 aromatic heterocycles. The van der Waals surface area contributed by atoms with Crippen LogP contribution in [0.15, 0.2) is 51.5 Å². The highest BCUT2D eigenvalue weighted by Crippen LogP contribution is 2.28. The van der Waals surface area contributed by atoms with E-state index in [1.807, 2.05) is 0 Å². The molecule has 0 fully saturated rings. The van der Waals surface area contributed by atoms with Crippen LogP contribution in [-0.2, 0) is 0 Å². The Labute approximate surface area is 112 Å². The molecule has 0 bridgehead atoms. The monoisotopic (exact) mass is 281 g/mol. The van der Waals surface area contributed by atoms with Crippen LogP contribution >= 0.6 is 11.8 Å². The number of halogens is 2. The van der Waals surface area contributed by atoms with E-state index in [4.69, 9.17) is 10.9 Å². The third-order valence-corrected chi connectivity index (χ3v) is 3.19. The fourth-order valence-corrected chi connectivity index (χ4v) is 2.14. The maximum atomic E-state index is 13.5. The fraction of sp³-hybridized carbons (Fsp3) is 0. The average molecular weight is 281 g/mol. The lowest BCUT2D eigenvalue weighted by molar-refractivity contribution is 0.318. The van der Waals surface area contributed by atoms with E-state index < -0.39 is 11.6 Å². The molecule has 2 rings (SSSR count). The predicted molar refractivity (Wildman–Crippen MR) is 67.2 cm³/mol. The number of hydrogen-bond acceptors (Lipinski definition) is 4. The first-order valence-electron chi connectivity index (χ1n) is 5.18. The Hall–Kier alpha value is -2.15. The molecule has 0 aliphatic rings. The normalized spacial score (nSPS) is 11.6. The highest BCUT2D eigenvalue weighted by Gasteiger charge is 2.08. The second-order valence-electron chi connectivity index (χ2n) is 3.52. The molecule has 4 nitrogen and oxygen atoms in total. The molecule has 0 aliphatic carbocycles. The number of nitrogens with zero attached hydrogens (tertiary/aromatic N) is 2. The lowest BCUT2D eigenvalue weighted by atomic mass is 10.3.